The highest BCUT2D eigenvalue weighted by Crippen LogP contribution is 2.19. The van der Waals surface area contributed by atoms with Gasteiger partial charge < -0.3 is 5.32 Å². The zero-order valence-electron chi connectivity index (χ0n) is 9.13. The lowest BCUT2D eigenvalue weighted by Crippen LogP contribution is -2.23. The van der Waals surface area contributed by atoms with Crippen molar-refractivity contribution >= 4 is 11.5 Å². The van der Waals surface area contributed by atoms with Gasteiger partial charge in [0.05, 0.1) is 11.7 Å². The Hall–Kier alpha value is -1.33. The molecular weight excluding hydrogens is 220 g/mol. The van der Waals surface area contributed by atoms with Crippen molar-refractivity contribution in [3.63, 3.8) is 0 Å². The third kappa shape index (κ3) is 2.62. The third-order valence-electron chi connectivity index (χ3n) is 2.29. The molecule has 0 aromatic carbocycles. The first kappa shape index (κ1) is 11.2. The van der Waals surface area contributed by atoms with Crippen LogP contribution in [0.5, 0.6) is 0 Å². The van der Waals surface area contributed by atoms with E-state index < -0.39 is 0 Å². The fraction of sp³-hybridized carbons (Fsp3) is 0.364. The summed E-state index contributed by atoms with van der Waals surface area (Å²) in [4.78, 5) is 4.14. The van der Waals surface area contributed by atoms with Crippen LogP contribution in [-0.4, -0.2) is 21.1 Å². The van der Waals surface area contributed by atoms with Gasteiger partial charge in [0.25, 0.3) is 0 Å². The molecule has 16 heavy (non-hydrogen) atoms. The van der Waals surface area contributed by atoms with Crippen LogP contribution < -0.4 is 5.32 Å². The van der Waals surface area contributed by atoms with Gasteiger partial charge in [0, 0.05) is 17.8 Å². The van der Waals surface area contributed by atoms with Gasteiger partial charge in [0.2, 0.25) is 0 Å². The predicted molar refractivity (Wildman–Crippen MR) is 64.3 cm³/mol. The van der Waals surface area contributed by atoms with Crippen LogP contribution in [0.1, 0.15) is 30.6 Å². The van der Waals surface area contributed by atoms with Crippen molar-refractivity contribution < 1.29 is 0 Å². The lowest BCUT2D eigenvalue weighted by atomic mass is 10.1. The fourth-order valence-electron chi connectivity index (χ4n) is 1.53. The second kappa shape index (κ2) is 5.67. The van der Waals surface area contributed by atoms with Gasteiger partial charge in [-0.3, -0.25) is 4.98 Å². The average molecular weight is 234 g/mol. The summed E-state index contributed by atoms with van der Waals surface area (Å²) in [5.41, 5.74) is 2.09. The Morgan fingerprint density at radius 2 is 2.44 bits per heavy atom. The molecule has 0 radical (unpaired) electrons. The molecule has 0 aliphatic heterocycles. The maximum absolute atomic E-state index is 4.14. The summed E-state index contributed by atoms with van der Waals surface area (Å²) in [5, 5.41) is 9.55. The monoisotopic (exact) mass is 234 g/mol. The van der Waals surface area contributed by atoms with E-state index in [-0.39, 0.29) is 6.04 Å². The maximum atomic E-state index is 4.14. The van der Waals surface area contributed by atoms with Crippen molar-refractivity contribution in [1.82, 2.24) is 19.9 Å². The average Bonchev–Trinajstić information content (AvgIpc) is 2.85. The van der Waals surface area contributed by atoms with Gasteiger partial charge in [-0.15, -0.1) is 5.10 Å². The molecule has 0 spiro atoms. The third-order valence-corrected chi connectivity index (χ3v) is 2.81. The Morgan fingerprint density at radius 3 is 3.06 bits per heavy atom. The first-order valence-corrected chi connectivity index (χ1v) is 6.15. The van der Waals surface area contributed by atoms with E-state index in [2.05, 4.69) is 32.9 Å². The van der Waals surface area contributed by atoms with Crippen molar-refractivity contribution in [1.29, 1.82) is 0 Å². The van der Waals surface area contributed by atoms with Crippen molar-refractivity contribution in [2.75, 3.05) is 6.54 Å². The van der Waals surface area contributed by atoms with Crippen molar-refractivity contribution in [2.45, 2.75) is 19.4 Å². The maximum Gasteiger partial charge on any atom is 0.0970 e. The predicted octanol–water partition coefficient (Wildman–Crippen LogP) is 2.02. The Labute approximate surface area is 98.9 Å². The second-order valence-corrected chi connectivity index (χ2v) is 4.11. The van der Waals surface area contributed by atoms with Crippen LogP contribution in [0.25, 0.3) is 0 Å². The molecule has 0 bridgehead atoms. The van der Waals surface area contributed by atoms with Gasteiger partial charge in [0.15, 0.2) is 0 Å². The van der Waals surface area contributed by atoms with Gasteiger partial charge in [-0.25, -0.2) is 0 Å². The number of nitrogens with zero attached hydrogens (tertiary/aromatic N) is 3. The summed E-state index contributed by atoms with van der Waals surface area (Å²) in [6.45, 7) is 3.10. The van der Waals surface area contributed by atoms with E-state index in [0.29, 0.717) is 0 Å². The highest BCUT2D eigenvalue weighted by atomic mass is 32.1. The standard InChI is InChI=1S/C11H14N4S/c1-2-5-13-11(10-8-16-15-14-10)9-4-3-6-12-7-9/h3-4,6-8,11,13H,2,5H2,1H3. The van der Waals surface area contributed by atoms with Crippen molar-refractivity contribution in [3.05, 3.63) is 41.2 Å². The zero-order chi connectivity index (χ0) is 11.2. The molecule has 5 heteroatoms. The molecule has 2 rings (SSSR count). The molecule has 84 valence electrons. The molecule has 0 fully saturated rings. The topological polar surface area (TPSA) is 50.7 Å². The van der Waals surface area contributed by atoms with Crippen LogP contribution in [0.4, 0.5) is 0 Å². The molecule has 0 aliphatic rings. The van der Waals surface area contributed by atoms with Crippen LogP contribution in [0.15, 0.2) is 29.9 Å². The number of pyridine rings is 1. The summed E-state index contributed by atoms with van der Waals surface area (Å²) < 4.78 is 3.91. The fourth-order valence-corrected chi connectivity index (χ4v) is 2.01. The van der Waals surface area contributed by atoms with E-state index in [0.717, 1.165) is 24.2 Å². The van der Waals surface area contributed by atoms with Gasteiger partial charge in [0.1, 0.15) is 0 Å². The van der Waals surface area contributed by atoms with Crippen molar-refractivity contribution in [2.24, 2.45) is 0 Å². The van der Waals surface area contributed by atoms with Crippen LogP contribution >= 0.6 is 11.5 Å². The van der Waals surface area contributed by atoms with Crippen LogP contribution in [-0.2, 0) is 0 Å². The molecule has 1 atom stereocenters. The molecule has 2 aromatic rings. The number of aromatic nitrogens is 3. The van der Waals surface area contributed by atoms with Crippen LogP contribution in [0.2, 0.25) is 0 Å². The highest BCUT2D eigenvalue weighted by molar-refractivity contribution is 7.03. The molecule has 2 heterocycles. The molecule has 2 aromatic heterocycles. The summed E-state index contributed by atoms with van der Waals surface area (Å²) in [7, 11) is 0. The molecule has 0 saturated heterocycles. The minimum absolute atomic E-state index is 0.104. The molecule has 0 saturated carbocycles. The summed E-state index contributed by atoms with van der Waals surface area (Å²) in [6.07, 6.45) is 4.74. The normalized spacial score (nSPS) is 12.6. The smallest absolute Gasteiger partial charge is 0.0970 e. The summed E-state index contributed by atoms with van der Waals surface area (Å²) >= 11 is 1.37. The molecule has 4 nitrogen and oxygen atoms in total. The molecule has 1 unspecified atom stereocenters. The number of hydrogen-bond donors (Lipinski definition) is 1. The molecular formula is C11H14N4S. The van der Waals surface area contributed by atoms with E-state index in [1.54, 1.807) is 6.20 Å². The van der Waals surface area contributed by atoms with E-state index in [1.165, 1.54) is 11.5 Å². The zero-order valence-corrected chi connectivity index (χ0v) is 9.94. The lowest BCUT2D eigenvalue weighted by Gasteiger charge is -2.15. The highest BCUT2D eigenvalue weighted by Gasteiger charge is 2.15. The second-order valence-electron chi connectivity index (χ2n) is 3.50. The molecule has 0 amide bonds. The Balaban J connectivity index is 2.21. The van der Waals surface area contributed by atoms with E-state index in [9.17, 15) is 0 Å². The lowest BCUT2D eigenvalue weighted by molar-refractivity contribution is 0.583. The van der Waals surface area contributed by atoms with E-state index in [1.807, 2.05) is 17.6 Å². The molecule has 0 aliphatic carbocycles. The van der Waals surface area contributed by atoms with Crippen molar-refractivity contribution in [3.8, 4) is 0 Å². The number of nitrogens with one attached hydrogen (secondary N) is 1. The summed E-state index contributed by atoms with van der Waals surface area (Å²) in [5.74, 6) is 0. The van der Waals surface area contributed by atoms with Gasteiger partial charge in [-0.2, -0.15) is 0 Å². The SMILES string of the molecule is CCCNC(c1cccnc1)c1csnn1. The quantitative estimate of drug-likeness (QED) is 0.860. The minimum atomic E-state index is 0.104. The van der Waals surface area contributed by atoms with E-state index >= 15 is 0 Å². The minimum Gasteiger partial charge on any atom is -0.305 e. The van der Waals surface area contributed by atoms with Gasteiger partial charge in [-0.05, 0) is 36.1 Å². The number of hydrogen-bond acceptors (Lipinski definition) is 5. The summed E-state index contributed by atoms with van der Waals surface area (Å²) in [6, 6.07) is 4.10. The first-order valence-electron chi connectivity index (χ1n) is 5.32. The Kier molecular flexibility index (Phi) is 3.96. The van der Waals surface area contributed by atoms with Gasteiger partial charge in [-0.1, -0.05) is 17.5 Å². The Bertz CT molecular complexity index is 401. The van der Waals surface area contributed by atoms with Crippen LogP contribution in [0, 0.1) is 0 Å². The van der Waals surface area contributed by atoms with Crippen LogP contribution in [0.3, 0.4) is 0 Å². The van der Waals surface area contributed by atoms with E-state index in [4.69, 9.17) is 0 Å². The largest absolute Gasteiger partial charge is 0.305 e. The number of rotatable bonds is 5. The Morgan fingerprint density at radius 1 is 1.50 bits per heavy atom. The molecule has 1 N–H and O–H groups in total. The van der Waals surface area contributed by atoms with Gasteiger partial charge >= 0.3 is 0 Å². The first-order chi connectivity index (χ1) is 7.92.